The van der Waals surface area contributed by atoms with E-state index in [1.807, 2.05) is 30.3 Å². The standard InChI is InChI=1S/C14H15N3O3/c15-12(18)8-17(9-13(19)20)7-11-4-1-3-10-5-2-6-16-14(10)11/h1-6H,7-9H2,(H2,15,18)(H,19,20). The predicted octanol–water partition coefficient (Wildman–Crippen LogP) is 0.607. The number of hydrogen-bond acceptors (Lipinski definition) is 4. The quantitative estimate of drug-likeness (QED) is 0.803. The number of carboxylic acids is 1. The van der Waals surface area contributed by atoms with Crippen LogP contribution in [0, 0.1) is 0 Å². The van der Waals surface area contributed by atoms with Gasteiger partial charge in [-0.15, -0.1) is 0 Å². The van der Waals surface area contributed by atoms with E-state index < -0.39 is 11.9 Å². The molecular formula is C14H15N3O3. The van der Waals surface area contributed by atoms with Gasteiger partial charge in [-0.05, 0) is 11.6 Å². The van der Waals surface area contributed by atoms with E-state index in [4.69, 9.17) is 10.8 Å². The molecule has 0 fully saturated rings. The molecule has 3 N–H and O–H groups in total. The first-order valence-corrected chi connectivity index (χ1v) is 6.11. The number of carbonyl (C=O) groups is 2. The van der Waals surface area contributed by atoms with Crippen molar-refractivity contribution in [3.8, 4) is 0 Å². The highest BCUT2D eigenvalue weighted by molar-refractivity contribution is 5.82. The van der Waals surface area contributed by atoms with Crippen molar-refractivity contribution in [2.24, 2.45) is 5.73 Å². The Morgan fingerprint density at radius 2 is 1.95 bits per heavy atom. The van der Waals surface area contributed by atoms with Crippen LogP contribution in [-0.2, 0) is 16.1 Å². The van der Waals surface area contributed by atoms with Gasteiger partial charge in [-0.3, -0.25) is 19.5 Å². The molecule has 104 valence electrons. The first-order chi connectivity index (χ1) is 9.56. The van der Waals surface area contributed by atoms with Gasteiger partial charge < -0.3 is 10.8 Å². The van der Waals surface area contributed by atoms with Crippen LogP contribution in [0.4, 0.5) is 0 Å². The second kappa shape index (κ2) is 6.12. The number of carboxylic acid groups (broad SMARTS) is 1. The topological polar surface area (TPSA) is 96.5 Å². The van der Waals surface area contributed by atoms with E-state index in [0.717, 1.165) is 16.5 Å². The molecule has 0 saturated heterocycles. The minimum atomic E-state index is -1.00. The Labute approximate surface area is 115 Å². The fraction of sp³-hybridized carbons (Fsp3) is 0.214. The molecule has 0 aliphatic heterocycles. The normalized spacial score (nSPS) is 10.8. The summed E-state index contributed by atoms with van der Waals surface area (Å²) >= 11 is 0. The number of pyridine rings is 1. The Hall–Kier alpha value is -2.47. The first kappa shape index (κ1) is 14.0. The molecule has 0 unspecified atom stereocenters. The zero-order chi connectivity index (χ0) is 14.5. The minimum Gasteiger partial charge on any atom is -0.480 e. The van der Waals surface area contributed by atoms with Crippen molar-refractivity contribution in [3.63, 3.8) is 0 Å². The molecule has 6 nitrogen and oxygen atoms in total. The molecule has 1 aromatic carbocycles. The molecule has 6 heteroatoms. The zero-order valence-corrected chi connectivity index (χ0v) is 10.8. The second-order valence-electron chi connectivity index (χ2n) is 4.50. The Morgan fingerprint density at radius 1 is 1.20 bits per heavy atom. The Balaban J connectivity index is 2.27. The Bertz CT molecular complexity index is 621. The summed E-state index contributed by atoms with van der Waals surface area (Å²) in [6.07, 6.45) is 1.68. The monoisotopic (exact) mass is 273 g/mol. The summed E-state index contributed by atoms with van der Waals surface area (Å²) in [6.45, 7) is -0.0364. The van der Waals surface area contributed by atoms with Crippen molar-refractivity contribution in [1.29, 1.82) is 0 Å². The number of aliphatic carboxylic acids is 1. The molecule has 2 rings (SSSR count). The number of carbonyl (C=O) groups excluding carboxylic acids is 1. The van der Waals surface area contributed by atoms with Crippen molar-refractivity contribution in [3.05, 3.63) is 42.1 Å². The maximum absolute atomic E-state index is 11.0. The average Bonchev–Trinajstić information content (AvgIpc) is 2.37. The van der Waals surface area contributed by atoms with E-state index in [9.17, 15) is 9.59 Å². The summed E-state index contributed by atoms with van der Waals surface area (Å²) in [5.74, 6) is -1.56. The van der Waals surface area contributed by atoms with Crippen LogP contribution >= 0.6 is 0 Å². The fourth-order valence-electron chi connectivity index (χ4n) is 2.12. The van der Waals surface area contributed by atoms with Crippen LogP contribution in [-0.4, -0.2) is 40.0 Å². The molecule has 2 aromatic rings. The molecule has 1 heterocycles. The van der Waals surface area contributed by atoms with Gasteiger partial charge in [0, 0.05) is 18.1 Å². The number of rotatable bonds is 6. The van der Waals surface area contributed by atoms with E-state index in [2.05, 4.69) is 4.98 Å². The maximum atomic E-state index is 11.0. The van der Waals surface area contributed by atoms with Crippen LogP contribution < -0.4 is 5.73 Å². The lowest BCUT2D eigenvalue weighted by atomic mass is 10.1. The molecule has 0 radical (unpaired) electrons. The van der Waals surface area contributed by atoms with Crippen molar-refractivity contribution >= 4 is 22.8 Å². The van der Waals surface area contributed by atoms with Gasteiger partial charge in [-0.2, -0.15) is 0 Å². The number of hydrogen-bond donors (Lipinski definition) is 2. The highest BCUT2D eigenvalue weighted by Crippen LogP contribution is 2.17. The summed E-state index contributed by atoms with van der Waals surface area (Å²) < 4.78 is 0. The van der Waals surface area contributed by atoms with Crippen molar-refractivity contribution in [2.45, 2.75) is 6.54 Å². The van der Waals surface area contributed by atoms with Crippen LogP contribution in [0.15, 0.2) is 36.5 Å². The largest absolute Gasteiger partial charge is 0.480 e. The van der Waals surface area contributed by atoms with Crippen LogP contribution in [0.5, 0.6) is 0 Å². The number of nitrogens with two attached hydrogens (primary N) is 1. The lowest BCUT2D eigenvalue weighted by Gasteiger charge is -2.19. The maximum Gasteiger partial charge on any atom is 0.317 e. The van der Waals surface area contributed by atoms with Crippen LogP contribution in [0.3, 0.4) is 0 Å². The summed E-state index contributed by atoms with van der Waals surface area (Å²) in [4.78, 5) is 27.6. The third kappa shape index (κ3) is 3.52. The van der Waals surface area contributed by atoms with Gasteiger partial charge in [-0.1, -0.05) is 24.3 Å². The van der Waals surface area contributed by atoms with Gasteiger partial charge in [0.2, 0.25) is 5.91 Å². The molecule has 0 aliphatic rings. The summed E-state index contributed by atoms with van der Waals surface area (Å²) in [6, 6.07) is 9.45. The van der Waals surface area contributed by atoms with Gasteiger partial charge in [0.15, 0.2) is 0 Å². The van der Waals surface area contributed by atoms with Crippen molar-refractivity contribution in [2.75, 3.05) is 13.1 Å². The lowest BCUT2D eigenvalue weighted by molar-refractivity contribution is -0.138. The third-order valence-electron chi connectivity index (χ3n) is 2.85. The van der Waals surface area contributed by atoms with Crippen molar-refractivity contribution < 1.29 is 14.7 Å². The molecule has 1 aromatic heterocycles. The highest BCUT2D eigenvalue weighted by atomic mass is 16.4. The second-order valence-corrected chi connectivity index (χ2v) is 4.50. The number of amides is 1. The molecule has 0 aliphatic carbocycles. The number of primary amides is 1. The molecule has 0 saturated carbocycles. The van der Waals surface area contributed by atoms with E-state index in [1.165, 1.54) is 4.90 Å². The van der Waals surface area contributed by atoms with Crippen LogP contribution in [0.1, 0.15) is 5.56 Å². The van der Waals surface area contributed by atoms with E-state index in [0.29, 0.717) is 6.54 Å². The molecule has 0 bridgehead atoms. The van der Waals surface area contributed by atoms with E-state index in [-0.39, 0.29) is 13.1 Å². The van der Waals surface area contributed by atoms with E-state index >= 15 is 0 Å². The van der Waals surface area contributed by atoms with Crippen LogP contribution in [0.25, 0.3) is 10.9 Å². The fourth-order valence-corrected chi connectivity index (χ4v) is 2.12. The number of fused-ring (bicyclic) bond motifs is 1. The third-order valence-corrected chi connectivity index (χ3v) is 2.85. The summed E-state index contributed by atoms with van der Waals surface area (Å²) in [5.41, 5.74) is 6.81. The van der Waals surface area contributed by atoms with Crippen LogP contribution in [0.2, 0.25) is 0 Å². The minimum absolute atomic E-state index is 0.102. The van der Waals surface area contributed by atoms with E-state index in [1.54, 1.807) is 6.20 Å². The lowest BCUT2D eigenvalue weighted by Crippen LogP contribution is -2.36. The average molecular weight is 273 g/mol. The number of nitrogens with zero attached hydrogens (tertiary/aromatic N) is 2. The Kier molecular flexibility index (Phi) is 4.27. The summed E-state index contributed by atoms with van der Waals surface area (Å²) in [7, 11) is 0. The smallest absolute Gasteiger partial charge is 0.317 e. The van der Waals surface area contributed by atoms with Gasteiger partial charge in [0.1, 0.15) is 0 Å². The number of para-hydroxylation sites is 1. The SMILES string of the molecule is NC(=O)CN(CC(=O)O)Cc1cccc2cccnc12. The molecule has 0 atom stereocenters. The molecule has 20 heavy (non-hydrogen) atoms. The van der Waals surface area contributed by atoms with Gasteiger partial charge in [0.05, 0.1) is 18.6 Å². The summed E-state index contributed by atoms with van der Waals surface area (Å²) in [5, 5.41) is 9.85. The predicted molar refractivity (Wildman–Crippen MR) is 73.9 cm³/mol. The first-order valence-electron chi connectivity index (χ1n) is 6.11. The highest BCUT2D eigenvalue weighted by Gasteiger charge is 2.14. The Morgan fingerprint density at radius 3 is 2.65 bits per heavy atom. The molecule has 0 spiro atoms. The van der Waals surface area contributed by atoms with Gasteiger partial charge >= 0.3 is 5.97 Å². The molecular weight excluding hydrogens is 258 g/mol. The number of benzene rings is 1. The zero-order valence-electron chi connectivity index (χ0n) is 10.8. The van der Waals surface area contributed by atoms with Crippen molar-refractivity contribution in [1.82, 2.24) is 9.88 Å². The molecule has 1 amide bonds. The van der Waals surface area contributed by atoms with Gasteiger partial charge in [0.25, 0.3) is 0 Å². The number of aromatic nitrogens is 1. The van der Waals surface area contributed by atoms with Gasteiger partial charge in [-0.25, -0.2) is 0 Å².